The van der Waals surface area contributed by atoms with Gasteiger partial charge in [-0.1, -0.05) is 13.0 Å². The topological polar surface area (TPSA) is 54.3 Å². The Morgan fingerprint density at radius 2 is 2.18 bits per heavy atom. The summed E-state index contributed by atoms with van der Waals surface area (Å²) in [6, 6.07) is 7.76. The van der Waals surface area contributed by atoms with Crippen molar-refractivity contribution in [3.63, 3.8) is 0 Å². The lowest BCUT2D eigenvalue weighted by Crippen LogP contribution is -2.13. The van der Waals surface area contributed by atoms with Gasteiger partial charge in [0.2, 0.25) is 0 Å². The third kappa shape index (κ3) is 3.97. The molecule has 0 saturated heterocycles. The predicted molar refractivity (Wildman–Crippen MR) is 66.1 cm³/mol. The second kappa shape index (κ2) is 6.77. The molecule has 1 atom stereocenters. The third-order valence-electron chi connectivity index (χ3n) is 2.29. The normalized spacial score (nSPS) is 11.6. The van der Waals surface area contributed by atoms with Gasteiger partial charge in [-0.3, -0.25) is 0 Å². The molecule has 1 N–H and O–H groups in total. The van der Waals surface area contributed by atoms with Crippen LogP contribution < -0.4 is 14.8 Å². The van der Waals surface area contributed by atoms with E-state index in [9.17, 15) is 0 Å². The fraction of sp³-hybridized carbons (Fsp3) is 0.462. The van der Waals surface area contributed by atoms with Crippen molar-refractivity contribution in [1.29, 1.82) is 5.26 Å². The highest BCUT2D eigenvalue weighted by Gasteiger charge is 2.09. The first kappa shape index (κ1) is 13.3. The quantitative estimate of drug-likeness (QED) is 0.819. The number of rotatable bonds is 6. The van der Waals surface area contributed by atoms with Crippen LogP contribution in [0.25, 0.3) is 0 Å². The number of nitrogens with zero attached hydrogens (tertiary/aromatic N) is 1. The molecule has 1 rings (SSSR count). The fourth-order valence-corrected chi connectivity index (χ4v) is 1.41. The molecule has 0 amide bonds. The molecule has 1 aromatic rings. The average Bonchev–Trinajstić information content (AvgIpc) is 2.36. The van der Waals surface area contributed by atoms with Crippen LogP contribution >= 0.6 is 0 Å². The summed E-state index contributed by atoms with van der Waals surface area (Å²) in [5, 5.41) is 12.0. The lowest BCUT2D eigenvalue weighted by atomic mass is 10.2. The van der Waals surface area contributed by atoms with Crippen molar-refractivity contribution < 1.29 is 9.47 Å². The Morgan fingerprint density at radius 1 is 1.41 bits per heavy atom. The molecule has 0 bridgehead atoms. The van der Waals surface area contributed by atoms with Gasteiger partial charge in [0, 0.05) is 6.54 Å². The van der Waals surface area contributed by atoms with Crippen LogP contribution in [0.15, 0.2) is 18.2 Å². The first-order chi connectivity index (χ1) is 8.21. The Bertz CT molecular complexity index is 399. The van der Waals surface area contributed by atoms with E-state index in [4.69, 9.17) is 14.7 Å². The lowest BCUT2D eigenvalue weighted by Gasteiger charge is -2.13. The first-order valence-corrected chi connectivity index (χ1v) is 5.65. The maximum atomic E-state index is 8.74. The minimum Gasteiger partial charge on any atom is -0.493 e. The molecule has 1 aromatic carbocycles. The van der Waals surface area contributed by atoms with Crippen LogP contribution in [0.5, 0.6) is 11.5 Å². The number of hydrogen-bond acceptors (Lipinski definition) is 4. The monoisotopic (exact) mass is 234 g/mol. The maximum Gasteiger partial charge on any atom is 0.181 e. The molecule has 0 aliphatic rings. The summed E-state index contributed by atoms with van der Waals surface area (Å²) < 4.78 is 10.7. The van der Waals surface area contributed by atoms with Gasteiger partial charge in [0.05, 0.1) is 7.11 Å². The minimum absolute atomic E-state index is 0.488. The van der Waals surface area contributed by atoms with Crippen molar-refractivity contribution in [1.82, 2.24) is 5.32 Å². The Labute approximate surface area is 102 Å². The van der Waals surface area contributed by atoms with Gasteiger partial charge >= 0.3 is 0 Å². The lowest BCUT2D eigenvalue weighted by molar-refractivity contribution is 0.259. The molecular weight excluding hydrogens is 216 g/mol. The van der Waals surface area contributed by atoms with E-state index in [1.165, 1.54) is 0 Å². The van der Waals surface area contributed by atoms with Crippen molar-refractivity contribution in [3.8, 4) is 17.6 Å². The number of nitriles is 1. The molecule has 0 aliphatic carbocycles. The van der Waals surface area contributed by atoms with Gasteiger partial charge in [-0.2, -0.15) is 5.26 Å². The van der Waals surface area contributed by atoms with Crippen molar-refractivity contribution in [2.45, 2.75) is 26.5 Å². The molecule has 4 nitrogen and oxygen atoms in total. The zero-order chi connectivity index (χ0) is 12.7. The zero-order valence-electron chi connectivity index (χ0n) is 10.5. The molecule has 4 heteroatoms. The molecule has 0 fully saturated rings. The van der Waals surface area contributed by atoms with Crippen LogP contribution in [0.2, 0.25) is 0 Å². The largest absolute Gasteiger partial charge is 0.493 e. The number of ether oxygens (including phenoxy) is 2. The minimum atomic E-state index is -0.488. The predicted octanol–water partition coefficient (Wildman–Crippen LogP) is 2.10. The van der Waals surface area contributed by atoms with E-state index in [2.05, 4.69) is 12.2 Å². The van der Waals surface area contributed by atoms with Gasteiger partial charge in [-0.15, -0.1) is 0 Å². The van der Waals surface area contributed by atoms with Gasteiger partial charge in [0.15, 0.2) is 17.6 Å². The standard InChI is InChI=1S/C13H18N2O2/c1-4-15-9-11-5-6-12(16-3)13(7-11)17-10(2)8-14/h5-7,10,15H,4,9H2,1-3H3. The third-order valence-corrected chi connectivity index (χ3v) is 2.29. The molecule has 0 aromatic heterocycles. The van der Waals surface area contributed by atoms with E-state index in [1.807, 2.05) is 24.3 Å². The summed E-state index contributed by atoms with van der Waals surface area (Å²) in [4.78, 5) is 0. The van der Waals surface area contributed by atoms with Gasteiger partial charge in [-0.05, 0) is 31.2 Å². The molecule has 0 spiro atoms. The van der Waals surface area contributed by atoms with E-state index in [1.54, 1.807) is 14.0 Å². The number of methoxy groups -OCH3 is 1. The van der Waals surface area contributed by atoms with Crippen LogP contribution in [0.3, 0.4) is 0 Å². The van der Waals surface area contributed by atoms with E-state index in [0.29, 0.717) is 11.5 Å². The van der Waals surface area contributed by atoms with Crippen molar-refractivity contribution in [2.75, 3.05) is 13.7 Å². The number of hydrogen-bond donors (Lipinski definition) is 1. The molecule has 92 valence electrons. The van der Waals surface area contributed by atoms with E-state index >= 15 is 0 Å². The highest BCUT2D eigenvalue weighted by molar-refractivity contribution is 5.43. The molecule has 0 heterocycles. The highest BCUT2D eigenvalue weighted by Crippen LogP contribution is 2.28. The van der Waals surface area contributed by atoms with E-state index in [-0.39, 0.29) is 0 Å². The van der Waals surface area contributed by atoms with Crippen molar-refractivity contribution in [3.05, 3.63) is 23.8 Å². The fourth-order valence-electron chi connectivity index (χ4n) is 1.41. The molecular formula is C13H18N2O2. The van der Waals surface area contributed by atoms with Crippen LogP contribution in [-0.4, -0.2) is 19.8 Å². The van der Waals surface area contributed by atoms with E-state index in [0.717, 1.165) is 18.7 Å². The molecule has 17 heavy (non-hydrogen) atoms. The van der Waals surface area contributed by atoms with Crippen LogP contribution in [0, 0.1) is 11.3 Å². The van der Waals surface area contributed by atoms with Crippen molar-refractivity contribution in [2.24, 2.45) is 0 Å². The number of benzene rings is 1. The molecule has 0 aliphatic heterocycles. The maximum absolute atomic E-state index is 8.74. The summed E-state index contributed by atoms with van der Waals surface area (Å²) in [5.74, 6) is 1.25. The number of nitrogens with one attached hydrogen (secondary N) is 1. The Morgan fingerprint density at radius 3 is 2.76 bits per heavy atom. The summed E-state index contributed by atoms with van der Waals surface area (Å²) >= 11 is 0. The molecule has 0 saturated carbocycles. The Kier molecular flexibility index (Phi) is 5.31. The highest BCUT2D eigenvalue weighted by atomic mass is 16.5. The van der Waals surface area contributed by atoms with Gasteiger partial charge in [0.25, 0.3) is 0 Å². The SMILES string of the molecule is CCNCc1ccc(OC)c(OC(C)C#N)c1. The summed E-state index contributed by atoms with van der Waals surface area (Å²) in [5.41, 5.74) is 1.10. The van der Waals surface area contributed by atoms with Crippen molar-refractivity contribution >= 4 is 0 Å². The van der Waals surface area contributed by atoms with Gasteiger partial charge in [0.1, 0.15) is 6.07 Å². The summed E-state index contributed by atoms with van der Waals surface area (Å²) in [6.07, 6.45) is -0.488. The van der Waals surface area contributed by atoms with Crippen LogP contribution in [-0.2, 0) is 6.54 Å². The zero-order valence-corrected chi connectivity index (χ0v) is 10.5. The summed E-state index contributed by atoms with van der Waals surface area (Å²) in [7, 11) is 1.59. The Hall–Kier alpha value is -1.73. The second-order valence-corrected chi connectivity index (χ2v) is 3.65. The average molecular weight is 234 g/mol. The molecule has 0 radical (unpaired) electrons. The second-order valence-electron chi connectivity index (χ2n) is 3.65. The summed E-state index contributed by atoms with van der Waals surface area (Å²) in [6.45, 7) is 5.45. The van der Waals surface area contributed by atoms with Gasteiger partial charge < -0.3 is 14.8 Å². The smallest absolute Gasteiger partial charge is 0.181 e. The van der Waals surface area contributed by atoms with Gasteiger partial charge in [-0.25, -0.2) is 0 Å². The molecule has 1 unspecified atom stereocenters. The van der Waals surface area contributed by atoms with Crippen LogP contribution in [0.1, 0.15) is 19.4 Å². The first-order valence-electron chi connectivity index (χ1n) is 5.65. The van der Waals surface area contributed by atoms with E-state index < -0.39 is 6.10 Å². The van der Waals surface area contributed by atoms with Crippen LogP contribution in [0.4, 0.5) is 0 Å². The Balaban J connectivity index is 2.86.